The summed E-state index contributed by atoms with van der Waals surface area (Å²) in [6.45, 7) is 3.48. The second kappa shape index (κ2) is 5.50. The Bertz CT molecular complexity index is 483. The lowest BCUT2D eigenvalue weighted by Gasteiger charge is -2.10. The third kappa shape index (κ3) is 3.23. The van der Waals surface area contributed by atoms with Crippen LogP contribution in [-0.2, 0) is 14.3 Å². The van der Waals surface area contributed by atoms with Crippen molar-refractivity contribution in [1.82, 2.24) is 0 Å². The van der Waals surface area contributed by atoms with Crippen LogP contribution in [0.2, 0.25) is 0 Å². The summed E-state index contributed by atoms with van der Waals surface area (Å²) in [7, 11) is -3.78. The zero-order valence-corrected chi connectivity index (χ0v) is 9.48. The maximum absolute atomic E-state index is 11.7. The number of hydrogen-bond donors (Lipinski definition) is 0. The van der Waals surface area contributed by atoms with Gasteiger partial charge >= 0.3 is 0 Å². The van der Waals surface area contributed by atoms with E-state index < -0.39 is 16.2 Å². The standard InChI is InChI=1S/C12H12O3S/c1-3-8-11(4-2)15-16(13,14)12-9-6-5-7-10-12/h2-3,5-7,9-11H,1,8H2. The molecular formula is C12H12O3S. The van der Waals surface area contributed by atoms with E-state index in [0.717, 1.165) is 0 Å². The Kier molecular flexibility index (Phi) is 4.29. The van der Waals surface area contributed by atoms with E-state index in [1.807, 2.05) is 0 Å². The Labute approximate surface area is 95.9 Å². The molecular weight excluding hydrogens is 224 g/mol. The molecule has 0 heterocycles. The highest BCUT2D eigenvalue weighted by atomic mass is 32.2. The summed E-state index contributed by atoms with van der Waals surface area (Å²) in [4.78, 5) is 0.0966. The first-order valence-corrected chi connectivity index (χ1v) is 6.06. The minimum absolute atomic E-state index is 0.0966. The molecule has 84 valence electrons. The fraction of sp³-hybridized carbons (Fsp3) is 0.167. The van der Waals surface area contributed by atoms with E-state index in [9.17, 15) is 8.42 Å². The third-order valence-electron chi connectivity index (χ3n) is 1.84. The lowest BCUT2D eigenvalue weighted by atomic mass is 10.3. The highest BCUT2D eigenvalue weighted by Gasteiger charge is 2.19. The Morgan fingerprint density at radius 2 is 2.06 bits per heavy atom. The first kappa shape index (κ1) is 12.5. The van der Waals surface area contributed by atoms with E-state index in [0.29, 0.717) is 6.42 Å². The van der Waals surface area contributed by atoms with Crippen molar-refractivity contribution in [3.8, 4) is 12.3 Å². The highest BCUT2D eigenvalue weighted by Crippen LogP contribution is 2.14. The smallest absolute Gasteiger partial charge is 0.250 e. The van der Waals surface area contributed by atoms with Crippen LogP contribution >= 0.6 is 0 Å². The van der Waals surface area contributed by atoms with Gasteiger partial charge in [-0.2, -0.15) is 8.42 Å². The van der Waals surface area contributed by atoms with Gasteiger partial charge in [-0.1, -0.05) is 30.2 Å². The van der Waals surface area contributed by atoms with Crippen molar-refractivity contribution in [2.75, 3.05) is 0 Å². The Hall–Kier alpha value is -1.57. The Morgan fingerprint density at radius 3 is 2.56 bits per heavy atom. The lowest BCUT2D eigenvalue weighted by molar-refractivity contribution is 0.267. The normalized spacial score (nSPS) is 12.7. The SMILES string of the molecule is C#CC(CC=C)OS(=O)(=O)c1ccccc1. The lowest BCUT2D eigenvalue weighted by Crippen LogP contribution is -2.16. The van der Waals surface area contributed by atoms with Gasteiger partial charge in [0.25, 0.3) is 10.1 Å². The van der Waals surface area contributed by atoms with E-state index in [2.05, 4.69) is 12.5 Å². The van der Waals surface area contributed by atoms with E-state index in [1.54, 1.807) is 18.2 Å². The van der Waals surface area contributed by atoms with Crippen LogP contribution in [0.25, 0.3) is 0 Å². The summed E-state index contributed by atoms with van der Waals surface area (Å²) in [6.07, 6.45) is 6.17. The average molecular weight is 236 g/mol. The number of rotatable bonds is 5. The van der Waals surface area contributed by atoms with Crippen LogP contribution in [0.15, 0.2) is 47.9 Å². The summed E-state index contributed by atoms with van der Waals surface area (Å²) in [5, 5.41) is 0. The molecule has 3 nitrogen and oxygen atoms in total. The molecule has 1 aromatic carbocycles. The maximum Gasteiger partial charge on any atom is 0.298 e. The molecule has 0 N–H and O–H groups in total. The molecule has 0 spiro atoms. The molecule has 0 radical (unpaired) electrons. The number of terminal acetylenes is 1. The van der Waals surface area contributed by atoms with Crippen molar-refractivity contribution in [1.29, 1.82) is 0 Å². The predicted octanol–water partition coefficient (Wildman–Crippen LogP) is 1.97. The fourth-order valence-electron chi connectivity index (χ4n) is 1.08. The van der Waals surface area contributed by atoms with Gasteiger partial charge in [-0.3, -0.25) is 0 Å². The molecule has 16 heavy (non-hydrogen) atoms. The van der Waals surface area contributed by atoms with Crippen LogP contribution in [0.5, 0.6) is 0 Å². The molecule has 1 rings (SSSR count). The van der Waals surface area contributed by atoms with Crippen molar-refractivity contribution < 1.29 is 12.6 Å². The molecule has 0 aliphatic carbocycles. The number of benzene rings is 1. The van der Waals surface area contributed by atoms with E-state index >= 15 is 0 Å². The Morgan fingerprint density at radius 1 is 1.44 bits per heavy atom. The summed E-state index contributed by atoms with van der Waals surface area (Å²) >= 11 is 0. The average Bonchev–Trinajstić information content (AvgIpc) is 2.29. The second-order valence-corrected chi connectivity index (χ2v) is 4.62. The summed E-state index contributed by atoms with van der Waals surface area (Å²) < 4.78 is 28.3. The van der Waals surface area contributed by atoms with Crippen LogP contribution in [0, 0.1) is 12.3 Å². The largest absolute Gasteiger partial charge is 0.298 e. The molecule has 0 saturated heterocycles. The Balaban J connectivity index is 2.89. The van der Waals surface area contributed by atoms with Crippen molar-refractivity contribution in [2.24, 2.45) is 0 Å². The van der Waals surface area contributed by atoms with Gasteiger partial charge in [-0.05, 0) is 12.1 Å². The van der Waals surface area contributed by atoms with Crippen LogP contribution < -0.4 is 0 Å². The van der Waals surface area contributed by atoms with Crippen molar-refractivity contribution in [2.45, 2.75) is 17.4 Å². The zero-order valence-electron chi connectivity index (χ0n) is 8.67. The first-order chi connectivity index (χ1) is 7.60. The molecule has 0 amide bonds. The van der Waals surface area contributed by atoms with Gasteiger partial charge in [-0.15, -0.1) is 13.0 Å². The molecule has 0 aromatic heterocycles. The molecule has 0 aliphatic rings. The molecule has 1 unspecified atom stereocenters. The van der Waals surface area contributed by atoms with E-state index in [-0.39, 0.29) is 4.90 Å². The van der Waals surface area contributed by atoms with Gasteiger partial charge in [0.05, 0.1) is 4.90 Å². The van der Waals surface area contributed by atoms with E-state index in [1.165, 1.54) is 18.2 Å². The van der Waals surface area contributed by atoms with Crippen LogP contribution in [0.1, 0.15) is 6.42 Å². The van der Waals surface area contributed by atoms with E-state index in [4.69, 9.17) is 10.6 Å². The van der Waals surface area contributed by atoms with Gasteiger partial charge in [0.1, 0.15) is 6.10 Å². The monoisotopic (exact) mass is 236 g/mol. The molecule has 4 heteroatoms. The topological polar surface area (TPSA) is 43.4 Å². The molecule has 1 atom stereocenters. The summed E-state index contributed by atoms with van der Waals surface area (Å²) in [6, 6.07) is 7.87. The molecule has 0 bridgehead atoms. The third-order valence-corrected chi connectivity index (χ3v) is 3.18. The maximum atomic E-state index is 11.7. The minimum Gasteiger partial charge on any atom is -0.250 e. The van der Waals surface area contributed by atoms with Gasteiger partial charge in [0.15, 0.2) is 0 Å². The van der Waals surface area contributed by atoms with Gasteiger partial charge in [0.2, 0.25) is 0 Å². The van der Waals surface area contributed by atoms with Crippen molar-refractivity contribution in [3.05, 3.63) is 43.0 Å². The number of hydrogen-bond acceptors (Lipinski definition) is 3. The summed E-state index contributed by atoms with van der Waals surface area (Å²) in [5.74, 6) is 2.26. The first-order valence-electron chi connectivity index (χ1n) is 4.65. The molecule has 0 saturated carbocycles. The van der Waals surface area contributed by atoms with Gasteiger partial charge in [0, 0.05) is 6.42 Å². The van der Waals surface area contributed by atoms with Crippen molar-refractivity contribution >= 4 is 10.1 Å². The quantitative estimate of drug-likeness (QED) is 0.446. The molecule has 1 aromatic rings. The van der Waals surface area contributed by atoms with Crippen LogP contribution in [0.4, 0.5) is 0 Å². The van der Waals surface area contributed by atoms with Gasteiger partial charge in [-0.25, -0.2) is 4.18 Å². The molecule has 0 fully saturated rings. The zero-order chi connectivity index (χ0) is 12.0. The van der Waals surface area contributed by atoms with Crippen LogP contribution in [-0.4, -0.2) is 14.5 Å². The molecule has 0 aliphatic heterocycles. The van der Waals surface area contributed by atoms with Gasteiger partial charge < -0.3 is 0 Å². The van der Waals surface area contributed by atoms with Crippen LogP contribution in [0.3, 0.4) is 0 Å². The fourth-order valence-corrected chi connectivity index (χ4v) is 2.12. The summed E-state index contributed by atoms with van der Waals surface area (Å²) in [5.41, 5.74) is 0. The van der Waals surface area contributed by atoms with Crippen molar-refractivity contribution in [3.63, 3.8) is 0 Å². The highest BCUT2D eigenvalue weighted by molar-refractivity contribution is 7.86. The predicted molar refractivity (Wildman–Crippen MR) is 62.1 cm³/mol. The second-order valence-electron chi connectivity index (χ2n) is 3.04. The minimum atomic E-state index is -3.78.